The summed E-state index contributed by atoms with van der Waals surface area (Å²) in [6, 6.07) is 14.0. The normalized spacial score (nSPS) is 11.0. The van der Waals surface area contributed by atoms with Crippen LogP contribution in [0.15, 0.2) is 59.9 Å². The molecule has 26 heavy (non-hydrogen) atoms. The van der Waals surface area contributed by atoms with Crippen molar-refractivity contribution in [3.63, 3.8) is 0 Å². The van der Waals surface area contributed by atoms with Crippen molar-refractivity contribution in [2.45, 2.75) is 10.8 Å². The number of aromatic nitrogens is 5. The number of hydrogen-bond acceptors (Lipinski definition) is 6. The highest BCUT2D eigenvalue weighted by Crippen LogP contribution is 2.27. The van der Waals surface area contributed by atoms with Gasteiger partial charge in [-0.3, -0.25) is 0 Å². The molecule has 0 amide bonds. The summed E-state index contributed by atoms with van der Waals surface area (Å²) >= 11 is 1.47. The van der Waals surface area contributed by atoms with Gasteiger partial charge in [-0.05, 0) is 42.0 Å². The summed E-state index contributed by atoms with van der Waals surface area (Å²) in [5, 5.41) is 9.14. The lowest BCUT2D eigenvalue weighted by Gasteiger charge is -2.04. The molecule has 2 heterocycles. The second-order valence-corrected chi connectivity index (χ2v) is 6.43. The van der Waals surface area contributed by atoms with Crippen LogP contribution in [-0.4, -0.2) is 32.1 Å². The number of fused-ring (bicyclic) bond motifs is 1. The fourth-order valence-corrected chi connectivity index (χ4v) is 3.38. The lowest BCUT2D eigenvalue weighted by atomic mass is 10.2. The highest BCUT2D eigenvalue weighted by atomic mass is 32.2. The molecule has 6 nitrogen and oxygen atoms in total. The topological polar surface area (TPSA) is 65.7 Å². The lowest BCUT2D eigenvalue weighted by Crippen LogP contribution is -1.98. The van der Waals surface area contributed by atoms with Crippen LogP contribution in [0.4, 0.5) is 4.39 Å². The van der Waals surface area contributed by atoms with E-state index in [1.807, 2.05) is 30.3 Å². The Morgan fingerprint density at radius 3 is 2.73 bits per heavy atom. The highest BCUT2D eigenvalue weighted by molar-refractivity contribution is 7.98. The summed E-state index contributed by atoms with van der Waals surface area (Å²) in [6.07, 6.45) is 1.49. The molecule has 0 atom stereocenters. The molecule has 8 heteroatoms. The minimum Gasteiger partial charge on any atom is -0.497 e. The average Bonchev–Trinajstić information content (AvgIpc) is 3.11. The van der Waals surface area contributed by atoms with Gasteiger partial charge >= 0.3 is 0 Å². The van der Waals surface area contributed by atoms with Crippen LogP contribution in [0.3, 0.4) is 0 Å². The molecular formula is C18H14FN5OS. The predicted molar refractivity (Wildman–Crippen MR) is 97.0 cm³/mol. The van der Waals surface area contributed by atoms with Gasteiger partial charge in [-0.25, -0.2) is 14.4 Å². The van der Waals surface area contributed by atoms with Crippen LogP contribution in [0.25, 0.3) is 16.9 Å². The summed E-state index contributed by atoms with van der Waals surface area (Å²) in [4.78, 5) is 8.61. The van der Waals surface area contributed by atoms with Crippen molar-refractivity contribution in [2.24, 2.45) is 0 Å². The Bertz CT molecular complexity index is 1050. The average molecular weight is 367 g/mol. The zero-order valence-electron chi connectivity index (χ0n) is 13.8. The number of methoxy groups -OCH3 is 1. The maximum atomic E-state index is 13.3. The minimum atomic E-state index is -0.249. The van der Waals surface area contributed by atoms with E-state index in [1.165, 1.54) is 30.2 Å². The highest BCUT2D eigenvalue weighted by Gasteiger charge is 2.13. The van der Waals surface area contributed by atoms with Crippen molar-refractivity contribution in [2.75, 3.05) is 7.11 Å². The standard InChI is InChI=1S/C18H14FN5OS/c1-25-15-7-5-14(6-8-15)24-17-16(22-23-24)18(21-11-20-17)26-10-12-3-2-4-13(19)9-12/h2-9,11H,10H2,1H3. The largest absolute Gasteiger partial charge is 0.497 e. The van der Waals surface area contributed by atoms with Crippen molar-refractivity contribution in [1.29, 1.82) is 0 Å². The molecule has 0 aliphatic rings. The van der Waals surface area contributed by atoms with E-state index in [9.17, 15) is 4.39 Å². The summed E-state index contributed by atoms with van der Waals surface area (Å²) in [5.74, 6) is 1.10. The first-order valence-electron chi connectivity index (χ1n) is 7.82. The molecule has 130 valence electrons. The van der Waals surface area contributed by atoms with Crippen molar-refractivity contribution < 1.29 is 9.13 Å². The van der Waals surface area contributed by atoms with Gasteiger partial charge in [-0.1, -0.05) is 29.1 Å². The number of benzene rings is 2. The van der Waals surface area contributed by atoms with E-state index in [0.29, 0.717) is 21.9 Å². The van der Waals surface area contributed by atoms with Gasteiger partial charge in [0.25, 0.3) is 0 Å². The van der Waals surface area contributed by atoms with E-state index >= 15 is 0 Å². The Labute approximate surface area is 153 Å². The maximum Gasteiger partial charge on any atom is 0.187 e. The molecule has 0 saturated carbocycles. The van der Waals surface area contributed by atoms with Crippen LogP contribution in [0.1, 0.15) is 5.56 Å². The number of halogens is 1. The second kappa shape index (κ2) is 7.09. The van der Waals surface area contributed by atoms with Crippen LogP contribution >= 0.6 is 11.8 Å². The van der Waals surface area contributed by atoms with Gasteiger partial charge in [0.15, 0.2) is 11.2 Å². The molecule has 4 rings (SSSR count). The molecule has 4 aromatic rings. The summed E-state index contributed by atoms with van der Waals surface area (Å²) < 4.78 is 20.2. The van der Waals surface area contributed by atoms with E-state index < -0.39 is 0 Å². The van der Waals surface area contributed by atoms with Crippen LogP contribution < -0.4 is 4.74 Å². The smallest absolute Gasteiger partial charge is 0.187 e. The lowest BCUT2D eigenvalue weighted by molar-refractivity contribution is 0.414. The Morgan fingerprint density at radius 2 is 1.96 bits per heavy atom. The third-order valence-corrected chi connectivity index (χ3v) is 4.84. The van der Waals surface area contributed by atoms with E-state index in [1.54, 1.807) is 17.9 Å². The monoisotopic (exact) mass is 367 g/mol. The van der Waals surface area contributed by atoms with E-state index in [0.717, 1.165) is 17.0 Å². The van der Waals surface area contributed by atoms with Crippen LogP contribution in [0.5, 0.6) is 5.75 Å². The SMILES string of the molecule is COc1ccc(-n2nnc3c(SCc4cccc(F)c4)ncnc32)cc1. The fourth-order valence-electron chi connectivity index (χ4n) is 2.51. The van der Waals surface area contributed by atoms with Crippen molar-refractivity contribution >= 4 is 22.9 Å². The van der Waals surface area contributed by atoms with Crippen molar-refractivity contribution in [3.05, 3.63) is 66.2 Å². The van der Waals surface area contributed by atoms with Gasteiger partial charge < -0.3 is 4.74 Å². The van der Waals surface area contributed by atoms with Crippen LogP contribution in [-0.2, 0) is 5.75 Å². The van der Waals surface area contributed by atoms with Crippen LogP contribution in [0.2, 0.25) is 0 Å². The molecule has 0 bridgehead atoms. The summed E-state index contributed by atoms with van der Waals surface area (Å²) in [6.45, 7) is 0. The molecule has 0 aliphatic heterocycles. The zero-order valence-corrected chi connectivity index (χ0v) is 14.7. The maximum absolute atomic E-state index is 13.3. The number of rotatable bonds is 5. The minimum absolute atomic E-state index is 0.249. The number of nitrogens with zero attached hydrogens (tertiary/aromatic N) is 5. The molecule has 0 radical (unpaired) electrons. The molecule has 2 aromatic heterocycles. The number of hydrogen-bond donors (Lipinski definition) is 0. The van der Waals surface area contributed by atoms with E-state index in [4.69, 9.17) is 4.74 Å². The third-order valence-electron chi connectivity index (χ3n) is 3.79. The first-order chi connectivity index (χ1) is 12.7. The first kappa shape index (κ1) is 16.5. The molecule has 0 aliphatic carbocycles. The van der Waals surface area contributed by atoms with Crippen molar-refractivity contribution in [1.82, 2.24) is 25.0 Å². The molecular weight excluding hydrogens is 353 g/mol. The van der Waals surface area contributed by atoms with Gasteiger partial charge in [-0.2, -0.15) is 4.68 Å². The molecule has 0 fully saturated rings. The second-order valence-electron chi connectivity index (χ2n) is 5.47. The van der Waals surface area contributed by atoms with E-state index in [2.05, 4.69) is 20.3 Å². The fraction of sp³-hybridized carbons (Fsp3) is 0.111. The van der Waals surface area contributed by atoms with Crippen LogP contribution in [0, 0.1) is 5.82 Å². The van der Waals surface area contributed by atoms with Gasteiger partial charge in [0.1, 0.15) is 22.9 Å². The number of thioether (sulfide) groups is 1. The summed E-state index contributed by atoms with van der Waals surface area (Å²) in [7, 11) is 1.62. The van der Waals surface area contributed by atoms with Gasteiger partial charge in [0, 0.05) is 5.75 Å². The Kier molecular flexibility index (Phi) is 4.49. The Balaban J connectivity index is 1.64. The Hall–Kier alpha value is -3.00. The molecule has 0 N–H and O–H groups in total. The third kappa shape index (κ3) is 3.23. The predicted octanol–water partition coefficient (Wildman–Crippen LogP) is 3.65. The summed E-state index contributed by atoms with van der Waals surface area (Å²) in [5.41, 5.74) is 2.94. The van der Waals surface area contributed by atoms with Crippen molar-refractivity contribution in [3.8, 4) is 11.4 Å². The number of ether oxygens (including phenoxy) is 1. The molecule has 0 unspecified atom stereocenters. The molecule has 0 spiro atoms. The Morgan fingerprint density at radius 1 is 1.12 bits per heavy atom. The molecule has 2 aromatic carbocycles. The van der Waals surface area contributed by atoms with Gasteiger partial charge in [-0.15, -0.1) is 5.10 Å². The molecule has 0 saturated heterocycles. The van der Waals surface area contributed by atoms with Gasteiger partial charge in [0.2, 0.25) is 0 Å². The quantitative estimate of drug-likeness (QED) is 0.396. The first-order valence-corrected chi connectivity index (χ1v) is 8.81. The van der Waals surface area contributed by atoms with Gasteiger partial charge in [0.05, 0.1) is 12.8 Å². The van der Waals surface area contributed by atoms with E-state index in [-0.39, 0.29) is 5.82 Å². The zero-order chi connectivity index (χ0) is 17.9.